The number of rotatable bonds is 5. The van der Waals surface area contributed by atoms with Gasteiger partial charge in [0, 0.05) is 30.6 Å². The van der Waals surface area contributed by atoms with Crippen molar-refractivity contribution >= 4 is 22.9 Å². The molecule has 20 heavy (non-hydrogen) atoms. The Morgan fingerprint density at radius 2 is 2.05 bits per heavy atom. The maximum absolute atomic E-state index is 5.95. The maximum atomic E-state index is 5.95. The van der Waals surface area contributed by atoms with Crippen LogP contribution in [0.3, 0.4) is 0 Å². The Morgan fingerprint density at radius 3 is 2.90 bits per heavy atom. The minimum absolute atomic E-state index is 0.885. The number of hydrogen-bond donors (Lipinski definition) is 1. The van der Waals surface area contributed by atoms with E-state index in [-0.39, 0.29) is 0 Å². The molecule has 1 aliphatic carbocycles. The average Bonchev–Trinajstić information content (AvgIpc) is 2.89. The molecule has 3 rings (SSSR count). The van der Waals surface area contributed by atoms with Gasteiger partial charge in [-0.25, -0.2) is 0 Å². The first kappa shape index (κ1) is 14.8. The normalized spacial score (nSPS) is 27.4. The van der Waals surface area contributed by atoms with Crippen molar-refractivity contribution in [1.29, 1.82) is 0 Å². The molecular formula is C16H25ClN2S. The molecule has 0 radical (unpaired) electrons. The molecule has 2 nitrogen and oxygen atoms in total. The Morgan fingerprint density at radius 1 is 1.20 bits per heavy atom. The van der Waals surface area contributed by atoms with Crippen molar-refractivity contribution in [2.24, 2.45) is 5.92 Å². The molecule has 1 aromatic rings. The average molecular weight is 313 g/mol. The molecule has 1 N–H and O–H groups in total. The molecule has 1 aliphatic heterocycles. The molecule has 2 fully saturated rings. The largest absolute Gasteiger partial charge is 0.311 e. The zero-order valence-corrected chi connectivity index (χ0v) is 13.7. The number of likely N-dealkylation sites (tertiary alicyclic amines) is 1. The number of halogens is 1. The summed E-state index contributed by atoms with van der Waals surface area (Å²) in [6.45, 7) is 4.58. The van der Waals surface area contributed by atoms with E-state index in [1.165, 1.54) is 56.5 Å². The van der Waals surface area contributed by atoms with Gasteiger partial charge in [-0.3, -0.25) is 4.90 Å². The lowest BCUT2D eigenvalue weighted by Crippen LogP contribution is -2.48. The van der Waals surface area contributed by atoms with E-state index >= 15 is 0 Å². The van der Waals surface area contributed by atoms with E-state index in [0.29, 0.717) is 0 Å². The van der Waals surface area contributed by atoms with Crippen LogP contribution >= 0.6 is 22.9 Å². The summed E-state index contributed by atoms with van der Waals surface area (Å²) < 4.78 is 0.892. The summed E-state index contributed by atoms with van der Waals surface area (Å²) >= 11 is 7.64. The lowest BCUT2D eigenvalue weighted by Gasteiger charge is -2.44. The van der Waals surface area contributed by atoms with Crippen LogP contribution in [0.5, 0.6) is 0 Å². The molecule has 0 amide bonds. The fourth-order valence-electron chi connectivity index (χ4n) is 3.89. The van der Waals surface area contributed by atoms with Gasteiger partial charge in [0.15, 0.2) is 0 Å². The number of piperidine rings is 1. The Hall–Kier alpha value is -0.0900. The molecule has 0 bridgehead atoms. The molecule has 1 aromatic heterocycles. The first-order valence-corrected chi connectivity index (χ1v) is 9.21. The van der Waals surface area contributed by atoms with Crippen molar-refractivity contribution in [3.63, 3.8) is 0 Å². The van der Waals surface area contributed by atoms with E-state index in [1.807, 2.05) is 6.07 Å². The topological polar surface area (TPSA) is 15.3 Å². The van der Waals surface area contributed by atoms with Crippen LogP contribution in [0.4, 0.5) is 0 Å². The van der Waals surface area contributed by atoms with Gasteiger partial charge >= 0.3 is 0 Å². The fraction of sp³-hybridized carbons (Fsp3) is 0.750. The third-order valence-corrected chi connectivity index (χ3v) is 6.09. The number of nitrogens with zero attached hydrogens (tertiary/aromatic N) is 1. The Bertz CT molecular complexity index is 418. The van der Waals surface area contributed by atoms with Gasteiger partial charge < -0.3 is 5.32 Å². The van der Waals surface area contributed by atoms with E-state index in [0.717, 1.165) is 29.4 Å². The van der Waals surface area contributed by atoms with Crippen LogP contribution in [-0.4, -0.2) is 30.6 Å². The summed E-state index contributed by atoms with van der Waals surface area (Å²) in [7, 11) is 0. The monoisotopic (exact) mass is 312 g/mol. The van der Waals surface area contributed by atoms with E-state index < -0.39 is 0 Å². The Labute approximate surface area is 131 Å². The summed E-state index contributed by atoms with van der Waals surface area (Å²) in [6, 6.07) is 4.99. The molecule has 0 spiro atoms. The van der Waals surface area contributed by atoms with Crippen molar-refractivity contribution in [2.45, 2.75) is 51.1 Å². The Kier molecular flexibility index (Phi) is 5.38. The number of fused-ring (bicyclic) bond motifs is 1. The zero-order valence-electron chi connectivity index (χ0n) is 12.1. The van der Waals surface area contributed by atoms with E-state index in [4.69, 9.17) is 11.6 Å². The van der Waals surface area contributed by atoms with E-state index in [1.54, 1.807) is 11.3 Å². The Balaban J connectivity index is 1.41. The molecular weight excluding hydrogens is 288 g/mol. The van der Waals surface area contributed by atoms with Crippen LogP contribution < -0.4 is 5.32 Å². The number of nitrogens with one attached hydrogen (secondary N) is 1. The molecule has 1 saturated carbocycles. The second-order valence-corrected chi connectivity index (χ2v) is 7.97. The third-order valence-electron chi connectivity index (χ3n) is 4.86. The minimum Gasteiger partial charge on any atom is -0.311 e. The van der Waals surface area contributed by atoms with Crippen molar-refractivity contribution < 1.29 is 0 Å². The second-order valence-electron chi connectivity index (χ2n) is 6.17. The minimum atomic E-state index is 0.885. The smallest absolute Gasteiger partial charge is 0.0931 e. The van der Waals surface area contributed by atoms with Gasteiger partial charge in [0.25, 0.3) is 0 Å². The molecule has 0 unspecified atom stereocenters. The van der Waals surface area contributed by atoms with Crippen molar-refractivity contribution in [1.82, 2.24) is 10.2 Å². The zero-order chi connectivity index (χ0) is 13.8. The van der Waals surface area contributed by atoms with E-state index in [9.17, 15) is 0 Å². The first-order chi connectivity index (χ1) is 9.83. The van der Waals surface area contributed by atoms with Gasteiger partial charge in [0.1, 0.15) is 0 Å². The highest BCUT2D eigenvalue weighted by Gasteiger charge is 2.32. The summed E-state index contributed by atoms with van der Waals surface area (Å²) in [5.74, 6) is 0.994. The van der Waals surface area contributed by atoms with Crippen LogP contribution in [0, 0.1) is 5.92 Å². The van der Waals surface area contributed by atoms with Gasteiger partial charge in [-0.05, 0) is 50.3 Å². The molecule has 0 aromatic carbocycles. The van der Waals surface area contributed by atoms with Crippen LogP contribution in [0.2, 0.25) is 4.34 Å². The lowest BCUT2D eigenvalue weighted by molar-refractivity contribution is 0.0618. The first-order valence-electron chi connectivity index (χ1n) is 8.02. The van der Waals surface area contributed by atoms with Gasteiger partial charge in [0.2, 0.25) is 0 Å². The third kappa shape index (κ3) is 3.76. The highest BCUT2D eigenvalue weighted by Crippen LogP contribution is 2.34. The lowest BCUT2D eigenvalue weighted by atomic mass is 9.78. The fourth-order valence-corrected chi connectivity index (χ4v) is 4.94. The predicted octanol–water partition coefficient (Wildman–Crippen LogP) is 4.15. The van der Waals surface area contributed by atoms with Gasteiger partial charge in [-0.15, -0.1) is 11.3 Å². The molecule has 2 atom stereocenters. The number of thiophene rings is 1. The molecule has 2 aliphatic rings. The van der Waals surface area contributed by atoms with Crippen LogP contribution in [0.1, 0.15) is 43.4 Å². The standard InChI is InChI=1S/C16H25ClN2S/c17-16-8-7-14(20-16)12-18-9-11-19-10-3-5-13-4-1-2-6-15(13)19/h7-8,13,15,18H,1-6,9-12H2/t13-,15-/m1/s1. The molecule has 1 saturated heterocycles. The van der Waals surface area contributed by atoms with Crippen molar-refractivity contribution in [3.05, 3.63) is 21.3 Å². The van der Waals surface area contributed by atoms with Crippen molar-refractivity contribution in [3.8, 4) is 0 Å². The SMILES string of the molecule is Clc1ccc(CNCCN2CCC[C@H]3CCCC[C@H]32)s1. The maximum Gasteiger partial charge on any atom is 0.0931 e. The summed E-state index contributed by atoms with van der Waals surface area (Å²) in [5.41, 5.74) is 0. The predicted molar refractivity (Wildman–Crippen MR) is 87.6 cm³/mol. The van der Waals surface area contributed by atoms with Gasteiger partial charge in [-0.2, -0.15) is 0 Å². The summed E-state index contributed by atoms with van der Waals surface area (Å²) in [6.07, 6.45) is 8.70. The molecule has 2 heterocycles. The summed E-state index contributed by atoms with van der Waals surface area (Å²) in [4.78, 5) is 4.09. The van der Waals surface area contributed by atoms with Crippen LogP contribution in [0.25, 0.3) is 0 Å². The van der Waals surface area contributed by atoms with Crippen LogP contribution in [-0.2, 0) is 6.54 Å². The molecule has 4 heteroatoms. The highest BCUT2D eigenvalue weighted by molar-refractivity contribution is 7.16. The summed E-state index contributed by atoms with van der Waals surface area (Å²) in [5, 5.41) is 3.57. The highest BCUT2D eigenvalue weighted by atomic mass is 35.5. The second kappa shape index (κ2) is 7.26. The van der Waals surface area contributed by atoms with Gasteiger partial charge in [0.05, 0.1) is 4.34 Å². The van der Waals surface area contributed by atoms with Gasteiger partial charge in [-0.1, -0.05) is 24.4 Å². The quantitative estimate of drug-likeness (QED) is 0.822. The number of hydrogen-bond acceptors (Lipinski definition) is 3. The van der Waals surface area contributed by atoms with Crippen molar-refractivity contribution in [2.75, 3.05) is 19.6 Å². The molecule has 112 valence electrons. The van der Waals surface area contributed by atoms with Crippen LogP contribution in [0.15, 0.2) is 12.1 Å². The van der Waals surface area contributed by atoms with E-state index in [2.05, 4.69) is 16.3 Å².